The Morgan fingerprint density at radius 1 is 1.31 bits per heavy atom. The number of aliphatic hydroxyl groups excluding tert-OH is 1. The van der Waals surface area contributed by atoms with E-state index in [1.165, 1.54) is 0 Å². The summed E-state index contributed by atoms with van der Waals surface area (Å²) in [5.41, 5.74) is 2.68. The Bertz CT molecular complexity index is 917. The summed E-state index contributed by atoms with van der Waals surface area (Å²) in [6.45, 7) is 8.22. The van der Waals surface area contributed by atoms with Gasteiger partial charge in [0.25, 0.3) is 0 Å². The second-order valence-electron chi connectivity index (χ2n) is 9.17. The van der Waals surface area contributed by atoms with Crippen LogP contribution in [0.25, 0.3) is 0 Å². The topological polar surface area (TPSA) is 95.9 Å². The van der Waals surface area contributed by atoms with Crippen molar-refractivity contribution in [3.05, 3.63) is 29.3 Å². The molecule has 3 fully saturated rings. The van der Waals surface area contributed by atoms with Gasteiger partial charge in [-0.25, -0.2) is 0 Å². The molecule has 0 aromatic heterocycles. The fraction of sp³-hybridized carbons (Fsp3) is 0.625. The molecule has 3 heterocycles. The lowest BCUT2D eigenvalue weighted by atomic mass is 9.66. The molecule has 174 valence electrons. The van der Waals surface area contributed by atoms with E-state index in [4.69, 9.17) is 4.74 Å². The van der Waals surface area contributed by atoms with Gasteiger partial charge in [0.1, 0.15) is 6.04 Å². The number of rotatable bonds is 7. The Kier molecular flexibility index (Phi) is 6.29. The summed E-state index contributed by atoms with van der Waals surface area (Å²) >= 11 is 1.63. The Balaban J connectivity index is 1.74. The molecule has 4 rings (SSSR count). The number of carbonyl (C=O) groups excluding carboxylic acids is 3. The summed E-state index contributed by atoms with van der Waals surface area (Å²) in [7, 11) is 0. The maximum absolute atomic E-state index is 13.8. The molecule has 3 aliphatic heterocycles. The number of anilines is 1. The van der Waals surface area contributed by atoms with E-state index in [1.54, 1.807) is 23.6 Å². The molecule has 0 radical (unpaired) electrons. The fourth-order valence-corrected chi connectivity index (χ4v) is 8.42. The Hall–Kier alpha value is -2.06. The molecule has 3 unspecified atom stereocenters. The normalized spacial score (nSPS) is 32.8. The summed E-state index contributed by atoms with van der Waals surface area (Å²) in [6.07, 6.45) is 1.16. The number of nitrogens with one attached hydrogen (secondary N) is 1. The monoisotopic (exact) mass is 460 g/mol. The van der Waals surface area contributed by atoms with Crippen LogP contribution in [0.2, 0.25) is 0 Å². The van der Waals surface area contributed by atoms with Gasteiger partial charge in [-0.3, -0.25) is 14.4 Å². The zero-order valence-electron chi connectivity index (χ0n) is 19.1. The van der Waals surface area contributed by atoms with Crippen molar-refractivity contribution in [2.75, 3.05) is 25.1 Å². The van der Waals surface area contributed by atoms with Crippen molar-refractivity contribution in [3.63, 3.8) is 0 Å². The molecule has 1 aromatic carbocycles. The van der Waals surface area contributed by atoms with Crippen LogP contribution in [0, 0.1) is 31.6 Å². The lowest BCUT2D eigenvalue weighted by Crippen LogP contribution is -2.54. The van der Waals surface area contributed by atoms with E-state index in [9.17, 15) is 19.5 Å². The largest absolute Gasteiger partial charge is 0.466 e. The van der Waals surface area contributed by atoms with Crippen LogP contribution in [0.15, 0.2) is 18.2 Å². The second kappa shape index (κ2) is 8.71. The van der Waals surface area contributed by atoms with Crippen molar-refractivity contribution < 1.29 is 24.2 Å². The molecule has 2 N–H and O–H groups in total. The zero-order valence-corrected chi connectivity index (χ0v) is 19.9. The number of amides is 2. The molecule has 8 heteroatoms. The number of likely N-dealkylation sites (tertiary alicyclic amines) is 1. The summed E-state index contributed by atoms with van der Waals surface area (Å²) in [5, 5.41) is 12.5. The van der Waals surface area contributed by atoms with E-state index in [1.807, 2.05) is 32.0 Å². The number of hydrogen-bond acceptors (Lipinski definition) is 6. The predicted molar refractivity (Wildman–Crippen MR) is 123 cm³/mol. The van der Waals surface area contributed by atoms with E-state index < -0.39 is 22.6 Å². The number of fused-ring (bicyclic) bond motifs is 1. The third-order valence-corrected chi connectivity index (χ3v) is 9.42. The van der Waals surface area contributed by atoms with E-state index in [0.29, 0.717) is 6.42 Å². The van der Waals surface area contributed by atoms with Gasteiger partial charge in [-0.15, -0.1) is 11.8 Å². The van der Waals surface area contributed by atoms with Gasteiger partial charge < -0.3 is 20.1 Å². The first-order valence-corrected chi connectivity index (χ1v) is 12.3. The smallest absolute Gasteiger partial charge is 0.310 e. The number of ether oxygens (including phenoxy) is 1. The van der Waals surface area contributed by atoms with E-state index in [0.717, 1.165) is 23.2 Å². The Labute approximate surface area is 193 Å². The number of nitrogens with zero attached hydrogens (tertiary/aromatic N) is 1. The van der Waals surface area contributed by atoms with Crippen molar-refractivity contribution in [2.24, 2.45) is 17.8 Å². The Morgan fingerprint density at radius 3 is 2.62 bits per heavy atom. The molecule has 0 saturated carbocycles. The Morgan fingerprint density at radius 2 is 2.00 bits per heavy atom. The standard InChI is InChI=1S/C24H32N2O5S/c1-5-31-23(30)17-16-12-15(4)24(32-16)18(17)22(29)26(10-7-11-27)20(24)21(28)25-19-13(2)8-6-9-14(19)3/h6,8-9,15-18,20,27H,5,7,10-12H2,1-4H3,(H,25,28)/t15?,16-,17+,18-,20?,24?/m0/s1. The quantitative estimate of drug-likeness (QED) is 0.607. The third kappa shape index (κ3) is 3.34. The van der Waals surface area contributed by atoms with Gasteiger partial charge in [0.05, 0.1) is 23.2 Å². The first-order valence-electron chi connectivity index (χ1n) is 11.4. The highest BCUT2D eigenvalue weighted by Gasteiger charge is 2.76. The van der Waals surface area contributed by atoms with Crippen molar-refractivity contribution >= 4 is 35.2 Å². The van der Waals surface area contributed by atoms with Crippen molar-refractivity contribution in [1.82, 2.24) is 4.90 Å². The summed E-state index contributed by atoms with van der Waals surface area (Å²) in [5.74, 6) is -1.73. The van der Waals surface area contributed by atoms with Crippen molar-refractivity contribution in [3.8, 4) is 0 Å². The van der Waals surface area contributed by atoms with Crippen LogP contribution in [0.3, 0.4) is 0 Å². The molecular weight excluding hydrogens is 428 g/mol. The number of carbonyl (C=O) groups is 3. The average molecular weight is 461 g/mol. The molecule has 6 atom stereocenters. The molecule has 7 nitrogen and oxygen atoms in total. The molecular formula is C24H32N2O5S. The van der Waals surface area contributed by atoms with Crippen LogP contribution < -0.4 is 5.32 Å². The maximum Gasteiger partial charge on any atom is 0.310 e. The minimum Gasteiger partial charge on any atom is -0.466 e. The van der Waals surface area contributed by atoms with E-state index in [-0.39, 0.29) is 48.7 Å². The third-order valence-electron chi connectivity index (χ3n) is 7.34. The number of esters is 1. The lowest BCUT2D eigenvalue weighted by molar-refractivity contribution is -0.154. The highest BCUT2D eigenvalue weighted by atomic mass is 32.2. The van der Waals surface area contributed by atoms with Gasteiger partial charge in [-0.2, -0.15) is 0 Å². The van der Waals surface area contributed by atoms with Crippen molar-refractivity contribution in [2.45, 2.75) is 56.6 Å². The number of para-hydroxylation sites is 1. The SMILES string of the molecule is CCOC(=O)[C@@H]1[C@@H]2CC(C)C3(S2)C(C(=O)Nc2c(C)cccc2C)N(CCCO)C(=O)[C@H]13. The van der Waals surface area contributed by atoms with Gasteiger partial charge in [-0.1, -0.05) is 25.1 Å². The average Bonchev–Trinajstić information content (AvgIpc) is 3.33. The summed E-state index contributed by atoms with van der Waals surface area (Å²) in [6, 6.07) is 5.14. The van der Waals surface area contributed by atoms with Crippen LogP contribution in [0.4, 0.5) is 5.69 Å². The van der Waals surface area contributed by atoms with E-state index >= 15 is 0 Å². The summed E-state index contributed by atoms with van der Waals surface area (Å²) < 4.78 is 4.67. The van der Waals surface area contributed by atoms with E-state index in [2.05, 4.69) is 12.2 Å². The predicted octanol–water partition coefficient (Wildman–Crippen LogP) is 2.52. The number of aryl methyl sites for hydroxylation is 2. The van der Waals surface area contributed by atoms with Gasteiger partial charge in [-0.05, 0) is 50.7 Å². The minimum atomic E-state index is -0.699. The molecule has 1 aromatic rings. The number of aliphatic hydroxyl groups is 1. The summed E-state index contributed by atoms with van der Waals surface area (Å²) in [4.78, 5) is 42.0. The highest BCUT2D eigenvalue weighted by Crippen LogP contribution is 2.68. The maximum atomic E-state index is 13.8. The van der Waals surface area contributed by atoms with Gasteiger partial charge in [0.2, 0.25) is 11.8 Å². The number of benzene rings is 1. The second-order valence-corrected chi connectivity index (χ2v) is 10.7. The first kappa shape index (κ1) is 23.1. The zero-order chi connectivity index (χ0) is 23.2. The van der Waals surface area contributed by atoms with Crippen LogP contribution in [0.5, 0.6) is 0 Å². The van der Waals surface area contributed by atoms with Crippen LogP contribution in [-0.4, -0.2) is 63.6 Å². The molecule has 2 bridgehead atoms. The minimum absolute atomic E-state index is 0.0199. The van der Waals surface area contributed by atoms with Crippen LogP contribution >= 0.6 is 11.8 Å². The van der Waals surface area contributed by atoms with Crippen LogP contribution in [0.1, 0.15) is 37.8 Å². The van der Waals surface area contributed by atoms with Crippen molar-refractivity contribution in [1.29, 1.82) is 0 Å². The van der Waals surface area contributed by atoms with Gasteiger partial charge >= 0.3 is 5.97 Å². The molecule has 1 spiro atoms. The van der Waals surface area contributed by atoms with Crippen LogP contribution in [-0.2, 0) is 19.1 Å². The molecule has 3 saturated heterocycles. The molecule has 0 aliphatic carbocycles. The molecule has 2 amide bonds. The number of thioether (sulfide) groups is 1. The number of hydrogen-bond donors (Lipinski definition) is 2. The van der Waals surface area contributed by atoms with Gasteiger partial charge in [0.15, 0.2) is 0 Å². The fourth-order valence-electron chi connectivity index (χ4n) is 6.01. The highest BCUT2D eigenvalue weighted by molar-refractivity contribution is 8.02. The molecule has 3 aliphatic rings. The molecule has 32 heavy (non-hydrogen) atoms. The lowest BCUT2D eigenvalue weighted by Gasteiger charge is -2.38. The van der Waals surface area contributed by atoms with Gasteiger partial charge in [0, 0.05) is 24.1 Å². The first-order chi connectivity index (χ1) is 15.3.